The van der Waals surface area contributed by atoms with Crippen molar-refractivity contribution < 1.29 is 42.9 Å². The molecule has 1 rings (SSSR count). The van der Waals surface area contributed by atoms with Crippen LogP contribution in [0.1, 0.15) is 61.0 Å². The number of carbonyl (C=O) groups is 4. The van der Waals surface area contributed by atoms with E-state index >= 15 is 0 Å². The van der Waals surface area contributed by atoms with Gasteiger partial charge in [0, 0.05) is 0 Å². The molecule has 3 atom stereocenters. The Morgan fingerprint density at radius 3 is 1.74 bits per heavy atom. The average molecular weight is 496 g/mol. The third-order valence-corrected chi connectivity index (χ3v) is 4.71. The first-order valence-electron chi connectivity index (χ1n) is 11.6. The summed E-state index contributed by atoms with van der Waals surface area (Å²) in [6.45, 7) is 13.2. The Bertz CT molecular complexity index is 895. The summed E-state index contributed by atoms with van der Waals surface area (Å²) in [6, 6.07) is 3.54. The van der Waals surface area contributed by atoms with Crippen LogP contribution in [0.4, 0.5) is 4.79 Å². The highest BCUT2D eigenvalue weighted by atomic mass is 16.7. The van der Waals surface area contributed by atoms with E-state index in [0.29, 0.717) is 5.56 Å². The van der Waals surface area contributed by atoms with Gasteiger partial charge in [-0.3, -0.25) is 14.4 Å². The van der Waals surface area contributed by atoms with E-state index < -0.39 is 48.2 Å². The van der Waals surface area contributed by atoms with Gasteiger partial charge >= 0.3 is 24.1 Å². The Balaban J connectivity index is 2.89. The summed E-state index contributed by atoms with van der Waals surface area (Å²) in [5.41, 5.74) is 6.58. The van der Waals surface area contributed by atoms with Gasteiger partial charge in [-0.05, 0) is 51.8 Å². The molecule has 0 aliphatic rings. The highest BCUT2D eigenvalue weighted by Gasteiger charge is 2.26. The maximum absolute atomic E-state index is 12.5. The van der Waals surface area contributed by atoms with E-state index in [9.17, 15) is 19.2 Å². The van der Waals surface area contributed by atoms with E-state index in [1.807, 2.05) is 0 Å². The van der Waals surface area contributed by atoms with Crippen LogP contribution in [0.2, 0.25) is 0 Å². The van der Waals surface area contributed by atoms with Gasteiger partial charge in [-0.1, -0.05) is 33.8 Å². The van der Waals surface area contributed by atoms with Crippen LogP contribution < -0.4 is 15.2 Å². The summed E-state index contributed by atoms with van der Waals surface area (Å²) >= 11 is 0. The summed E-state index contributed by atoms with van der Waals surface area (Å²) < 4.78 is 26.1. The Morgan fingerprint density at radius 2 is 1.23 bits per heavy atom. The molecule has 0 fully saturated rings. The van der Waals surface area contributed by atoms with Crippen LogP contribution in [0, 0.1) is 11.8 Å². The fourth-order valence-corrected chi connectivity index (χ4v) is 2.47. The van der Waals surface area contributed by atoms with E-state index in [0.717, 1.165) is 0 Å². The molecule has 0 aliphatic carbocycles. The molecule has 0 radical (unpaired) electrons. The van der Waals surface area contributed by atoms with E-state index in [4.69, 9.17) is 29.4 Å². The topological polar surface area (TPSA) is 140 Å². The first kappa shape index (κ1) is 29.9. The summed E-state index contributed by atoms with van der Waals surface area (Å²) in [5, 5.41) is 0. The van der Waals surface area contributed by atoms with Gasteiger partial charge in [0.05, 0.1) is 17.9 Å². The molecular weight excluding hydrogens is 458 g/mol. The van der Waals surface area contributed by atoms with Crippen LogP contribution in [0.5, 0.6) is 11.5 Å². The third-order valence-electron chi connectivity index (χ3n) is 4.71. The normalized spacial score (nSPS) is 13.7. The van der Waals surface area contributed by atoms with E-state index in [1.165, 1.54) is 12.1 Å². The maximum atomic E-state index is 12.5. The van der Waals surface area contributed by atoms with Gasteiger partial charge in [0.25, 0.3) is 0 Å². The van der Waals surface area contributed by atoms with Gasteiger partial charge in [0.15, 0.2) is 11.5 Å². The van der Waals surface area contributed by atoms with E-state index in [1.54, 1.807) is 61.5 Å². The summed E-state index contributed by atoms with van der Waals surface area (Å²) in [5.74, 6) is -2.35. The van der Waals surface area contributed by atoms with Crippen molar-refractivity contribution >= 4 is 24.1 Å². The second-order valence-electron chi connectivity index (χ2n) is 9.12. The monoisotopic (exact) mass is 495 g/mol. The van der Waals surface area contributed by atoms with E-state index in [-0.39, 0.29) is 29.9 Å². The number of carbonyl (C=O) groups excluding carboxylic acids is 4. The summed E-state index contributed by atoms with van der Waals surface area (Å²) in [4.78, 5) is 48.3. The fourth-order valence-electron chi connectivity index (χ4n) is 2.47. The second-order valence-corrected chi connectivity index (χ2v) is 9.12. The first-order chi connectivity index (χ1) is 16.2. The van der Waals surface area contributed by atoms with Crippen LogP contribution in [0.25, 0.3) is 0 Å². The third kappa shape index (κ3) is 10.3. The van der Waals surface area contributed by atoms with Crippen LogP contribution in [-0.4, -0.2) is 48.4 Å². The highest BCUT2D eigenvalue weighted by molar-refractivity contribution is 5.78. The Labute approximate surface area is 206 Å². The molecule has 35 heavy (non-hydrogen) atoms. The van der Waals surface area contributed by atoms with Crippen molar-refractivity contribution in [2.24, 2.45) is 17.6 Å². The molecule has 0 bridgehead atoms. The quantitative estimate of drug-likeness (QED) is 0.358. The molecule has 10 heteroatoms. The van der Waals surface area contributed by atoms with Crippen molar-refractivity contribution in [3.8, 4) is 11.5 Å². The lowest BCUT2D eigenvalue weighted by molar-refractivity contribution is -0.155. The minimum atomic E-state index is -1.05. The Kier molecular flexibility index (Phi) is 11.7. The molecule has 0 aliphatic heterocycles. The SMILES string of the molecule is CC(C)OC(=O)O[C@@H](C)[C@H](C)OC(=O)[C@@H](N)Cc1ccc(OC(=O)C(C)C)c(OC(=O)C(C)C)c1. The molecule has 0 spiro atoms. The molecular formula is C25H37NO9. The number of hydrogen-bond donors (Lipinski definition) is 1. The zero-order valence-electron chi connectivity index (χ0n) is 21.7. The molecule has 10 nitrogen and oxygen atoms in total. The van der Waals surface area contributed by atoms with Gasteiger partial charge in [-0.15, -0.1) is 0 Å². The Morgan fingerprint density at radius 1 is 0.714 bits per heavy atom. The molecule has 0 unspecified atom stereocenters. The lowest BCUT2D eigenvalue weighted by Crippen LogP contribution is -2.39. The number of esters is 3. The van der Waals surface area contributed by atoms with Crippen molar-refractivity contribution in [1.82, 2.24) is 0 Å². The van der Waals surface area contributed by atoms with Gasteiger partial charge in [-0.2, -0.15) is 0 Å². The van der Waals surface area contributed by atoms with Gasteiger partial charge < -0.3 is 29.4 Å². The number of benzene rings is 1. The van der Waals surface area contributed by atoms with Crippen LogP contribution >= 0.6 is 0 Å². The number of rotatable bonds is 11. The summed E-state index contributed by atoms with van der Waals surface area (Å²) in [7, 11) is 0. The second kappa shape index (κ2) is 13.7. The smallest absolute Gasteiger partial charge is 0.458 e. The van der Waals surface area contributed by atoms with Crippen LogP contribution in [0.3, 0.4) is 0 Å². The largest absolute Gasteiger partial charge is 0.508 e. The predicted molar refractivity (Wildman–Crippen MR) is 127 cm³/mol. The molecule has 0 aromatic heterocycles. The number of hydrogen-bond acceptors (Lipinski definition) is 10. The van der Waals surface area contributed by atoms with Gasteiger partial charge in [-0.25, -0.2) is 4.79 Å². The predicted octanol–water partition coefficient (Wildman–Crippen LogP) is 3.56. The number of nitrogens with two attached hydrogens (primary N) is 1. The molecule has 2 N–H and O–H groups in total. The van der Waals surface area contributed by atoms with Gasteiger partial charge in [0.2, 0.25) is 0 Å². The van der Waals surface area contributed by atoms with Crippen molar-refractivity contribution in [3.63, 3.8) is 0 Å². The lowest BCUT2D eigenvalue weighted by Gasteiger charge is -2.22. The summed E-state index contributed by atoms with van der Waals surface area (Å²) in [6.07, 6.45) is -2.67. The fraction of sp³-hybridized carbons (Fsp3) is 0.600. The van der Waals surface area contributed by atoms with Crippen LogP contribution in [-0.2, 0) is 35.0 Å². The van der Waals surface area contributed by atoms with E-state index in [2.05, 4.69) is 0 Å². The molecule has 1 aromatic carbocycles. The average Bonchev–Trinajstić information content (AvgIpc) is 2.74. The molecule has 0 amide bonds. The highest BCUT2D eigenvalue weighted by Crippen LogP contribution is 2.30. The number of ether oxygens (including phenoxy) is 5. The zero-order valence-corrected chi connectivity index (χ0v) is 21.7. The Hall–Kier alpha value is -3.14. The zero-order chi connectivity index (χ0) is 26.9. The standard InChI is InChI=1S/C25H37NO9/c1-13(2)22(27)34-20-10-9-18(12-21(20)35-23(28)14(3)4)11-19(26)24(29)32-16(7)17(8)33-25(30)31-15(5)6/h9-10,12-17,19H,11,26H2,1-8H3/t16-,17-,19-/m0/s1. The first-order valence-corrected chi connectivity index (χ1v) is 11.6. The minimum Gasteiger partial charge on any atom is -0.458 e. The molecule has 0 saturated heterocycles. The molecule has 0 heterocycles. The van der Waals surface area contributed by atoms with Gasteiger partial charge in [0.1, 0.15) is 18.2 Å². The molecule has 196 valence electrons. The maximum Gasteiger partial charge on any atom is 0.508 e. The van der Waals surface area contributed by atoms with Crippen molar-refractivity contribution in [2.75, 3.05) is 0 Å². The van der Waals surface area contributed by atoms with Crippen molar-refractivity contribution in [1.29, 1.82) is 0 Å². The molecule has 0 saturated carbocycles. The van der Waals surface area contributed by atoms with Crippen molar-refractivity contribution in [3.05, 3.63) is 23.8 Å². The van der Waals surface area contributed by atoms with Crippen LogP contribution in [0.15, 0.2) is 18.2 Å². The lowest BCUT2D eigenvalue weighted by atomic mass is 10.1. The van der Waals surface area contributed by atoms with Crippen molar-refractivity contribution in [2.45, 2.75) is 86.2 Å². The minimum absolute atomic E-state index is 0.0508. The molecule has 1 aromatic rings.